The first kappa shape index (κ1) is 19.3. The second-order valence-electron chi connectivity index (χ2n) is 7.03. The van der Waals surface area contributed by atoms with Crippen LogP contribution in [0.25, 0.3) is 16.7 Å². The Morgan fingerprint density at radius 3 is 2.68 bits per heavy atom. The van der Waals surface area contributed by atoms with Gasteiger partial charge >= 0.3 is 0 Å². The van der Waals surface area contributed by atoms with Crippen molar-refractivity contribution >= 4 is 34.7 Å². The molecule has 0 aliphatic carbocycles. The Balaban J connectivity index is 1.59. The molecule has 0 aliphatic rings. The second kappa shape index (κ2) is 8.20. The average molecular weight is 427 g/mol. The molecular weight excluding hydrogens is 408 g/mol. The SMILES string of the molecule is Cc1cccn2c(=O)c(C=NCc3ccccc3)c(Sc3nc4ccccc4o3)nc12. The summed E-state index contributed by atoms with van der Waals surface area (Å²) < 4.78 is 7.39. The summed E-state index contributed by atoms with van der Waals surface area (Å²) >= 11 is 1.23. The van der Waals surface area contributed by atoms with Crippen molar-refractivity contribution < 1.29 is 4.42 Å². The lowest BCUT2D eigenvalue weighted by Crippen LogP contribution is -2.21. The van der Waals surface area contributed by atoms with Crippen molar-refractivity contribution in [3.8, 4) is 0 Å². The summed E-state index contributed by atoms with van der Waals surface area (Å²) in [5, 5.41) is 0.950. The molecule has 0 radical (unpaired) electrons. The Morgan fingerprint density at radius 1 is 1.03 bits per heavy atom. The van der Waals surface area contributed by atoms with Crippen LogP contribution in [-0.2, 0) is 6.54 Å². The Kier molecular flexibility index (Phi) is 5.09. The second-order valence-corrected chi connectivity index (χ2v) is 7.97. The molecule has 0 saturated heterocycles. The van der Waals surface area contributed by atoms with Crippen LogP contribution in [0.1, 0.15) is 16.7 Å². The molecule has 5 aromatic rings. The third-order valence-corrected chi connectivity index (χ3v) is 5.70. The number of nitrogens with zero attached hydrogens (tertiary/aromatic N) is 4. The van der Waals surface area contributed by atoms with Crippen molar-refractivity contribution in [3.63, 3.8) is 0 Å². The van der Waals surface area contributed by atoms with Gasteiger partial charge in [-0.3, -0.25) is 14.2 Å². The van der Waals surface area contributed by atoms with Gasteiger partial charge in [0.15, 0.2) is 5.58 Å². The quantitative estimate of drug-likeness (QED) is 0.295. The molecule has 3 heterocycles. The predicted molar refractivity (Wildman–Crippen MR) is 122 cm³/mol. The van der Waals surface area contributed by atoms with Gasteiger partial charge in [-0.25, -0.2) is 9.97 Å². The summed E-state index contributed by atoms with van der Waals surface area (Å²) in [4.78, 5) is 27.1. The smallest absolute Gasteiger partial charge is 0.267 e. The molecule has 7 heteroatoms. The van der Waals surface area contributed by atoms with E-state index in [9.17, 15) is 4.79 Å². The Morgan fingerprint density at radius 2 is 1.84 bits per heavy atom. The van der Waals surface area contributed by atoms with E-state index in [-0.39, 0.29) is 5.56 Å². The molecular formula is C24H18N4O2S. The highest BCUT2D eigenvalue weighted by Gasteiger charge is 2.16. The molecule has 6 nitrogen and oxygen atoms in total. The zero-order chi connectivity index (χ0) is 21.2. The fraction of sp³-hybridized carbons (Fsp3) is 0.0833. The zero-order valence-corrected chi connectivity index (χ0v) is 17.5. The van der Waals surface area contributed by atoms with E-state index in [4.69, 9.17) is 9.40 Å². The number of fused-ring (bicyclic) bond motifs is 2. The van der Waals surface area contributed by atoms with E-state index in [2.05, 4.69) is 9.98 Å². The number of pyridine rings is 1. The molecule has 0 amide bonds. The number of hydrogen-bond acceptors (Lipinski definition) is 6. The third-order valence-electron chi connectivity index (χ3n) is 4.84. The van der Waals surface area contributed by atoms with Gasteiger partial charge in [0.25, 0.3) is 10.8 Å². The minimum Gasteiger partial charge on any atom is -0.431 e. The van der Waals surface area contributed by atoms with Gasteiger partial charge in [-0.15, -0.1) is 0 Å². The predicted octanol–water partition coefficient (Wildman–Crippen LogP) is 4.91. The number of rotatable bonds is 5. The van der Waals surface area contributed by atoms with E-state index < -0.39 is 0 Å². The largest absolute Gasteiger partial charge is 0.431 e. The summed E-state index contributed by atoms with van der Waals surface area (Å²) in [5.74, 6) is 0. The maximum Gasteiger partial charge on any atom is 0.267 e. The number of para-hydroxylation sites is 2. The van der Waals surface area contributed by atoms with Crippen molar-refractivity contribution in [2.24, 2.45) is 4.99 Å². The van der Waals surface area contributed by atoms with Crippen molar-refractivity contribution in [2.45, 2.75) is 23.7 Å². The highest BCUT2D eigenvalue weighted by Crippen LogP contribution is 2.30. The fourth-order valence-corrected chi connectivity index (χ4v) is 4.11. The first-order valence-corrected chi connectivity index (χ1v) is 10.6. The number of benzene rings is 2. The Hall–Kier alpha value is -3.71. The standard InChI is InChI=1S/C24H18N4O2S/c1-16-8-7-13-28-21(16)27-22(31-24-26-19-11-5-6-12-20(19)30-24)18(23(28)29)15-25-14-17-9-3-2-4-10-17/h2-13,15H,14H2,1H3. The minimum absolute atomic E-state index is 0.177. The highest BCUT2D eigenvalue weighted by atomic mass is 32.2. The van der Waals surface area contributed by atoms with Crippen LogP contribution in [0.15, 0.2) is 97.4 Å². The first-order chi connectivity index (χ1) is 15.2. The number of hydrogen-bond donors (Lipinski definition) is 0. The Bertz CT molecular complexity index is 1440. The van der Waals surface area contributed by atoms with Crippen molar-refractivity contribution in [2.75, 3.05) is 0 Å². The van der Waals surface area contributed by atoms with E-state index in [0.717, 1.165) is 16.6 Å². The van der Waals surface area contributed by atoms with Gasteiger partial charge in [0.05, 0.1) is 12.1 Å². The molecule has 0 atom stereocenters. The van der Waals surface area contributed by atoms with E-state index in [0.29, 0.717) is 33.6 Å². The van der Waals surface area contributed by atoms with Gasteiger partial charge in [-0.05, 0) is 48.0 Å². The maximum atomic E-state index is 13.3. The molecule has 0 N–H and O–H groups in total. The van der Waals surface area contributed by atoms with E-state index in [1.165, 1.54) is 11.8 Å². The molecule has 152 valence electrons. The molecule has 3 aromatic heterocycles. The van der Waals surface area contributed by atoms with Crippen LogP contribution >= 0.6 is 11.8 Å². The number of aryl methyl sites for hydroxylation is 1. The van der Waals surface area contributed by atoms with Crippen LogP contribution in [0.4, 0.5) is 0 Å². The van der Waals surface area contributed by atoms with Gasteiger partial charge in [-0.1, -0.05) is 48.5 Å². The summed E-state index contributed by atoms with van der Waals surface area (Å²) in [5.41, 5.74) is 4.26. The maximum absolute atomic E-state index is 13.3. The van der Waals surface area contributed by atoms with Crippen LogP contribution in [0.2, 0.25) is 0 Å². The van der Waals surface area contributed by atoms with Crippen LogP contribution in [0.3, 0.4) is 0 Å². The normalized spacial score (nSPS) is 11.6. The van der Waals surface area contributed by atoms with Gasteiger partial charge in [-0.2, -0.15) is 0 Å². The van der Waals surface area contributed by atoms with Crippen molar-refractivity contribution in [1.29, 1.82) is 0 Å². The van der Waals surface area contributed by atoms with Gasteiger partial charge < -0.3 is 4.42 Å². The highest BCUT2D eigenvalue weighted by molar-refractivity contribution is 7.99. The van der Waals surface area contributed by atoms with E-state index in [1.807, 2.05) is 73.7 Å². The monoisotopic (exact) mass is 426 g/mol. The van der Waals surface area contributed by atoms with E-state index >= 15 is 0 Å². The van der Waals surface area contributed by atoms with Crippen LogP contribution < -0.4 is 5.56 Å². The summed E-state index contributed by atoms with van der Waals surface area (Å²) in [6.07, 6.45) is 3.32. The summed E-state index contributed by atoms with van der Waals surface area (Å²) in [6.45, 7) is 2.41. The number of aliphatic imine (C=N–C) groups is 1. The minimum atomic E-state index is -0.177. The van der Waals surface area contributed by atoms with E-state index in [1.54, 1.807) is 16.8 Å². The molecule has 0 aliphatic heterocycles. The van der Waals surface area contributed by atoms with Crippen LogP contribution in [0.5, 0.6) is 0 Å². The lowest BCUT2D eigenvalue weighted by molar-refractivity contribution is 0.489. The molecule has 2 aromatic carbocycles. The molecule has 31 heavy (non-hydrogen) atoms. The van der Waals surface area contributed by atoms with Crippen LogP contribution in [0, 0.1) is 6.92 Å². The third kappa shape index (κ3) is 3.87. The molecule has 0 spiro atoms. The molecule has 0 unspecified atom stereocenters. The van der Waals surface area contributed by atoms with Gasteiger partial charge in [0.2, 0.25) is 0 Å². The average Bonchev–Trinajstić information content (AvgIpc) is 3.20. The lowest BCUT2D eigenvalue weighted by atomic mass is 10.2. The Labute approximate surface area is 182 Å². The van der Waals surface area contributed by atoms with Gasteiger partial charge in [0.1, 0.15) is 16.2 Å². The number of aromatic nitrogens is 3. The molecule has 5 rings (SSSR count). The van der Waals surface area contributed by atoms with Crippen molar-refractivity contribution in [1.82, 2.24) is 14.4 Å². The summed E-state index contributed by atoms with van der Waals surface area (Å²) in [7, 11) is 0. The number of oxazole rings is 1. The molecule has 0 saturated carbocycles. The topological polar surface area (TPSA) is 72.8 Å². The van der Waals surface area contributed by atoms with Gasteiger partial charge in [0, 0.05) is 12.4 Å². The fourth-order valence-electron chi connectivity index (χ4n) is 3.28. The summed E-state index contributed by atoms with van der Waals surface area (Å²) in [6, 6.07) is 21.2. The lowest BCUT2D eigenvalue weighted by Gasteiger charge is -2.08. The first-order valence-electron chi connectivity index (χ1n) is 9.78. The molecule has 0 bridgehead atoms. The molecule has 0 fully saturated rings. The van der Waals surface area contributed by atoms with Crippen LogP contribution in [-0.4, -0.2) is 20.6 Å². The zero-order valence-electron chi connectivity index (χ0n) is 16.7. The van der Waals surface area contributed by atoms with Crippen molar-refractivity contribution in [3.05, 3.63) is 100.0 Å².